The average molecular weight is 283 g/mol. The van der Waals surface area contributed by atoms with Crippen LogP contribution >= 0.6 is 0 Å². The highest BCUT2D eigenvalue weighted by Gasteiger charge is 2.06. The van der Waals surface area contributed by atoms with E-state index in [-0.39, 0.29) is 6.10 Å². The van der Waals surface area contributed by atoms with E-state index in [0.717, 1.165) is 18.7 Å². The highest BCUT2D eigenvalue weighted by molar-refractivity contribution is 5.42. The van der Waals surface area contributed by atoms with Crippen molar-refractivity contribution in [3.05, 3.63) is 23.8 Å². The van der Waals surface area contributed by atoms with Gasteiger partial charge in [0.2, 0.25) is 0 Å². The maximum atomic E-state index is 9.25. The van der Waals surface area contributed by atoms with Gasteiger partial charge >= 0.3 is 0 Å². The third kappa shape index (κ3) is 6.23. The summed E-state index contributed by atoms with van der Waals surface area (Å²) in [6, 6.07) is 5.85. The molecule has 1 atom stereocenters. The summed E-state index contributed by atoms with van der Waals surface area (Å²) in [7, 11) is 3.30. The zero-order valence-corrected chi connectivity index (χ0v) is 12.5. The zero-order valence-electron chi connectivity index (χ0n) is 12.5. The summed E-state index contributed by atoms with van der Waals surface area (Å²) < 4.78 is 15.9. The summed E-state index contributed by atoms with van der Waals surface area (Å²) in [5, 5.41) is 12.5. The van der Waals surface area contributed by atoms with Crippen LogP contribution in [0.15, 0.2) is 18.2 Å². The topological polar surface area (TPSA) is 60.0 Å². The Balaban J connectivity index is 2.55. The van der Waals surface area contributed by atoms with Gasteiger partial charge in [-0.05, 0) is 24.6 Å². The lowest BCUT2D eigenvalue weighted by Gasteiger charge is -2.13. The van der Waals surface area contributed by atoms with E-state index in [4.69, 9.17) is 14.2 Å². The number of benzene rings is 1. The minimum absolute atomic E-state index is 0.361. The van der Waals surface area contributed by atoms with Crippen LogP contribution in [0.2, 0.25) is 0 Å². The lowest BCUT2D eigenvalue weighted by atomic mass is 10.2. The molecule has 0 aliphatic carbocycles. The Morgan fingerprint density at radius 2 is 2.00 bits per heavy atom. The molecule has 114 valence electrons. The fourth-order valence-corrected chi connectivity index (χ4v) is 1.69. The number of ether oxygens (including phenoxy) is 3. The lowest BCUT2D eigenvalue weighted by molar-refractivity contribution is 0.154. The molecule has 1 rings (SSSR count). The highest BCUT2D eigenvalue weighted by Crippen LogP contribution is 2.28. The number of nitrogens with one attached hydrogen (secondary N) is 1. The zero-order chi connectivity index (χ0) is 14.8. The minimum atomic E-state index is -0.361. The van der Waals surface area contributed by atoms with Crippen molar-refractivity contribution in [1.82, 2.24) is 5.32 Å². The normalized spacial score (nSPS) is 12.2. The Bertz CT molecular complexity index is 382. The van der Waals surface area contributed by atoms with Gasteiger partial charge in [0.05, 0.1) is 26.4 Å². The predicted molar refractivity (Wildman–Crippen MR) is 78.4 cm³/mol. The van der Waals surface area contributed by atoms with Gasteiger partial charge in [0.1, 0.15) is 0 Å². The van der Waals surface area contributed by atoms with Crippen molar-refractivity contribution >= 4 is 0 Å². The first-order valence-electron chi connectivity index (χ1n) is 6.84. The standard InChI is InChI=1S/C15H25NO4/c1-12(17)6-8-20-15-10-13(4-5-14(15)19-3)11-16-7-9-18-2/h4-5,10,12,16-17H,6-9,11H2,1-3H3. The van der Waals surface area contributed by atoms with Gasteiger partial charge < -0.3 is 24.6 Å². The largest absolute Gasteiger partial charge is 0.493 e. The van der Waals surface area contributed by atoms with Crippen molar-refractivity contribution in [3.63, 3.8) is 0 Å². The molecule has 0 amide bonds. The third-order valence-corrected chi connectivity index (χ3v) is 2.83. The van der Waals surface area contributed by atoms with Crippen LogP contribution in [-0.2, 0) is 11.3 Å². The summed E-state index contributed by atoms with van der Waals surface area (Å²) in [6.07, 6.45) is 0.235. The fourth-order valence-electron chi connectivity index (χ4n) is 1.69. The number of rotatable bonds is 10. The van der Waals surface area contributed by atoms with Crippen LogP contribution in [-0.4, -0.2) is 45.2 Å². The Labute approximate surface area is 120 Å². The second-order valence-electron chi connectivity index (χ2n) is 4.64. The molecule has 0 aliphatic rings. The Morgan fingerprint density at radius 3 is 2.65 bits per heavy atom. The Kier molecular flexibility index (Phi) is 8.02. The molecule has 0 spiro atoms. The molecule has 0 bridgehead atoms. The molecule has 1 aromatic rings. The van der Waals surface area contributed by atoms with Gasteiger partial charge in [-0.1, -0.05) is 6.07 Å². The maximum absolute atomic E-state index is 9.25. The van der Waals surface area contributed by atoms with Crippen LogP contribution in [0.1, 0.15) is 18.9 Å². The van der Waals surface area contributed by atoms with Crippen molar-refractivity contribution in [2.75, 3.05) is 34.0 Å². The second-order valence-corrected chi connectivity index (χ2v) is 4.64. The van der Waals surface area contributed by atoms with Crippen molar-refractivity contribution in [1.29, 1.82) is 0 Å². The van der Waals surface area contributed by atoms with Crippen LogP contribution in [0, 0.1) is 0 Å². The molecular weight excluding hydrogens is 258 g/mol. The van der Waals surface area contributed by atoms with Gasteiger partial charge in [0.25, 0.3) is 0 Å². The molecule has 2 N–H and O–H groups in total. The van der Waals surface area contributed by atoms with Gasteiger partial charge in [-0.2, -0.15) is 0 Å². The summed E-state index contributed by atoms with van der Waals surface area (Å²) in [5.41, 5.74) is 1.12. The first-order valence-corrected chi connectivity index (χ1v) is 6.84. The number of aliphatic hydroxyl groups is 1. The number of methoxy groups -OCH3 is 2. The van der Waals surface area contributed by atoms with E-state index >= 15 is 0 Å². The fraction of sp³-hybridized carbons (Fsp3) is 0.600. The number of hydrogen-bond donors (Lipinski definition) is 2. The van der Waals surface area contributed by atoms with E-state index in [1.807, 2.05) is 18.2 Å². The summed E-state index contributed by atoms with van der Waals surface area (Å²) in [5.74, 6) is 1.41. The molecule has 1 unspecified atom stereocenters. The highest BCUT2D eigenvalue weighted by atomic mass is 16.5. The maximum Gasteiger partial charge on any atom is 0.161 e. The van der Waals surface area contributed by atoms with Gasteiger partial charge in [-0.25, -0.2) is 0 Å². The van der Waals surface area contributed by atoms with Crippen LogP contribution in [0.25, 0.3) is 0 Å². The summed E-state index contributed by atoms with van der Waals surface area (Å²) >= 11 is 0. The first-order chi connectivity index (χ1) is 9.67. The average Bonchev–Trinajstić information content (AvgIpc) is 2.43. The summed E-state index contributed by atoms with van der Waals surface area (Å²) in [4.78, 5) is 0. The van der Waals surface area contributed by atoms with Crippen LogP contribution in [0.5, 0.6) is 11.5 Å². The molecule has 0 saturated heterocycles. The van der Waals surface area contributed by atoms with E-state index < -0.39 is 0 Å². The van der Waals surface area contributed by atoms with E-state index in [1.54, 1.807) is 21.1 Å². The van der Waals surface area contributed by atoms with Crippen LogP contribution < -0.4 is 14.8 Å². The number of hydrogen-bond acceptors (Lipinski definition) is 5. The molecule has 5 heteroatoms. The smallest absolute Gasteiger partial charge is 0.161 e. The Morgan fingerprint density at radius 1 is 1.20 bits per heavy atom. The van der Waals surface area contributed by atoms with Gasteiger partial charge in [0, 0.05) is 26.6 Å². The van der Waals surface area contributed by atoms with Crippen molar-refractivity contribution in [2.45, 2.75) is 26.0 Å². The van der Waals surface area contributed by atoms with Gasteiger partial charge in [-0.3, -0.25) is 0 Å². The van der Waals surface area contributed by atoms with Gasteiger partial charge in [0.15, 0.2) is 11.5 Å². The van der Waals surface area contributed by atoms with E-state index in [9.17, 15) is 5.11 Å². The third-order valence-electron chi connectivity index (χ3n) is 2.83. The molecule has 0 heterocycles. The van der Waals surface area contributed by atoms with Crippen LogP contribution in [0.4, 0.5) is 0 Å². The number of aliphatic hydroxyl groups excluding tert-OH is 1. The molecule has 1 aromatic carbocycles. The molecule has 0 radical (unpaired) electrons. The van der Waals surface area contributed by atoms with E-state index in [2.05, 4.69) is 5.32 Å². The molecule has 0 aliphatic heterocycles. The minimum Gasteiger partial charge on any atom is -0.493 e. The molecule has 0 fully saturated rings. The molecular formula is C15H25NO4. The predicted octanol–water partition coefficient (Wildman–Crippen LogP) is 1.58. The quantitative estimate of drug-likeness (QED) is 0.638. The SMILES string of the molecule is COCCNCc1ccc(OC)c(OCCC(C)O)c1. The molecule has 0 saturated carbocycles. The molecule has 5 nitrogen and oxygen atoms in total. The van der Waals surface area contributed by atoms with Crippen molar-refractivity contribution in [3.8, 4) is 11.5 Å². The van der Waals surface area contributed by atoms with Crippen molar-refractivity contribution < 1.29 is 19.3 Å². The summed E-state index contributed by atoms with van der Waals surface area (Å²) in [6.45, 7) is 4.46. The lowest BCUT2D eigenvalue weighted by Crippen LogP contribution is -2.18. The Hall–Kier alpha value is -1.30. The first kappa shape index (κ1) is 16.8. The molecule has 20 heavy (non-hydrogen) atoms. The van der Waals surface area contributed by atoms with Crippen molar-refractivity contribution in [2.24, 2.45) is 0 Å². The van der Waals surface area contributed by atoms with E-state index in [0.29, 0.717) is 31.1 Å². The monoisotopic (exact) mass is 283 g/mol. The van der Waals surface area contributed by atoms with E-state index in [1.165, 1.54) is 0 Å². The molecule has 0 aromatic heterocycles. The van der Waals surface area contributed by atoms with Gasteiger partial charge in [-0.15, -0.1) is 0 Å². The van der Waals surface area contributed by atoms with Crippen LogP contribution in [0.3, 0.4) is 0 Å². The second kappa shape index (κ2) is 9.58.